The van der Waals surface area contributed by atoms with Gasteiger partial charge in [-0.1, -0.05) is 22.0 Å². The van der Waals surface area contributed by atoms with Gasteiger partial charge in [0.2, 0.25) is 5.91 Å². The first-order valence-electron chi connectivity index (χ1n) is 7.75. The Kier molecular flexibility index (Phi) is 4.90. The van der Waals surface area contributed by atoms with Crippen molar-refractivity contribution in [2.45, 2.75) is 13.8 Å². The lowest BCUT2D eigenvalue weighted by atomic mass is 10.1. The second-order valence-electron chi connectivity index (χ2n) is 5.75. The fourth-order valence-electron chi connectivity index (χ4n) is 2.58. The van der Waals surface area contributed by atoms with Gasteiger partial charge in [-0.05, 0) is 48.9 Å². The molecule has 5 nitrogen and oxygen atoms in total. The standard InChI is InChI=1S/C19H17BrN2O3/c1-11-16(21-12(2)23)4-3-5-17(11)22-19(24)14-8-13-9-15(20)6-7-18(13)25-10-14/h3-9H,10H2,1-2H3,(H,21,23)(H,22,24). The summed E-state index contributed by atoms with van der Waals surface area (Å²) in [6.45, 7) is 3.51. The monoisotopic (exact) mass is 400 g/mol. The second kappa shape index (κ2) is 7.11. The van der Waals surface area contributed by atoms with E-state index in [4.69, 9.17) is 4.74 Å². The van der Waals surface area contributed by atoms with E-state index in [1.807, 2.05) is 31.2 Å². The summed E-state index contributed by atoms with van der Waals surface area (Å²) in [4.78, 5) is 23.9. The number of benzene rings is 2. The van der Waals surface area contributed by atoms with Crippen molar-refractivity contribution in [2.24, 2.45) is 0 Å². The average molecular weight is 401 g/mol. The van der Waals surface area contributed by atoms with Gasteiger partial charge < -0.3 is 15.4 Å². The van der Waals surface area contributed by atoms with Crippen molar-refractivity contribution in [1.82, 2.24) is 0 Å². The first kappa shape index (κ1) is 17.2. The van der Waals surface area contributed by atoms with Gasteiger partial charge >= 0.3 is 0 Å². The van der Waals surface area contributed by atoms with Crippen LogP contribution in [0.4, 0.5) is 11.4 Å². The van der Waals surface area contributed by atoms with Crippen LogP contribution in [0.1, 0.15) is 18.1 Å². The third-order valence-corrected chi connectivity index (χ3v) is 4.36. The van der Waals surface area contributed by atoms with Crippen LogP contribution in [-0.2, 0) is 9.59 Å². The minimum absolute atomic E-state index is 0.155. The minimum Gasteiger partial charge on any atom is -0.488 e. The molecule has 0 saturated carbocycles. The maximum absolute atomic E-state index is 12.6. The second-order valence-corrected chi connectivity index (χ2v) is 6.67. The van der Waals surface area contributed by atoms with E-state index in [1.165, 1.54) is 6.92 Å². The molecule has 0 unspecified atom stereocenters. The molecule has 0 atom stereocenters. The lowest BCUT2D eigenvalue weighted by Crippen LogP contribution is -2.22. The molecule has 0 aliphatic carbocycles. The van der Waals surface area contributed by atoms with Crippen LogP contribution in [0.15, 0.2) is 46.4 Å². The van der Waals surface area contributed by atoms with Crippen molar-refractivity contribution < 1.29 is 14.3 Å². The number of ether oxygens (including phenoxy) is 1. The summed E-state index contributed by atoms with van der Waals surface area (Å²) >= 11 is 3.42. The van der Waals surface area contributed by atoms with Crippen LogP contribution in [-0.4, -0.2) is 18.4 Å². The lowest BCUT2D eigenvalue weighted by molar-refractivity contribution is -0.114. The van der Waals surface area contributed by atoms with E-state index in [2.05, 4.69) is 26.6 Å². The maximum atomic E-state index is 12.6. The predicted octanol–water partition coefficient (Wildman–Crippen LogP) is 4.13. The quantitative estimate of drug-likeness (QED) is 0.813. The fourth-order valence-corrected chi connectivity index (χ4v) is 2.96. The molecule has 0 saturated heterocycles. The van der Waals surface area contributed by atoms with Crippen LogP contribution in [0.2, 0.25) is 0 Å². The van der Waals surface area contributed by atoms with Gasteiger partial charge in [-0.2, -0.15) is 0 Å². The normalized spacial score (nSPS) is 12.5. The molecule has 0 spiro atoms. The Hall–Kier alpha value is -2.60. The Labute approximate surface area is 154 Å². The average Bonchev–Trinajstić information content (AvgIpc) is 2.57. The first-order valence-corrected chi connectivity index (χ1v) is 8.55. The number of nitrogens with one attached hydrogen (secondary N) is 2. The largest absolute Gasteiger partial charge is 0.488 e. The molecule has 1 aliphatic heterocycles. The predicted molar refractivity (Wildman–Crippen MR) is 102 cm³/mol. The number of carbonyl (C=O) groups excluding carboxylic acids is 2. The fraction of sp³-hybridized carbons (Fsp3) is 0.158. The molecule has 2 aromatic rings. The molecule has 1 heterocycles. The van der Waals surface area contributed by atoms with Gasteiger partial charge in [0.25, 0.3) is 5.91 Å². The highest BCUT2D eigenvalue weighted by Crippen LogP contribution is 2.30. The molecule has 0 bridgehead atoms. The number of amides is 2. The first-order chi connectivity index (χ1) is 11.9. The zero-order chi connectivity index (χ0) is 18.0. The van der Waals surface area contributed by atoms with Gasteiger partial charge in [-0.3, -0.25) is 9.59 Å². The number of hydrogen-bond donors (Lipinski definition) is 2. The van der Waals surface area contributed by atoms with Gasteiger partial charge in [0.1, 0.15) is 12.4 Å². The van der Waals surface area contributed by atoms with Gasteiger partial charge in [-0.15, -0.1) is 0 Å². The summed E-state index contributed by atoms with van der Waals surface area (Å²) < 4.78 is 6.57. The van der Waals surface area contributed by atoms with Crippen molar-refractivity contribution in [2.75, 3.05) is 17.2 Å². The Bertz CT molecular complexity index is 890. The zero-order valence-electron chi connectivity index (χ0n) is 13.9. The zero-order valence-corrected chi connectivity index (χ0v) is 15.4. The highest BCUT2D eigenvalue weighted by Gasteiger charge is 2.18. The molecule has 6 heteroatoms. The van der Waals surface area contributed by atoms with Crippen LogP contribution >= 0.6 is 15.9 Å². The van der Waals surface area contributed by atoms with E-state index in [9.17, 15) is 9.59 Å². The lowest BCUT2D eigenvalue weighted by Gasteiger charge is -2.19. The van der Waals surface area contributed by atoms with E-state index in [0.717, 1.165) is 21.3 Å². The molecule has 1 aliphatic rings. The van der Waals surface area contributed by atoms with Gasteiger partial charge in [0.15, 0.2) is 0 Å². The van der Waals surface area contributed by atoms with E-state index >= 15 is 0 Å². The summed E-state index contributed by atoms with van der Waals surface area (Å²) in [5, 5.41) is 5.64. The molecular formula is C19H17BrN2O3. The molecule has 128 valence electrons. The maximum Gasteiger partial charge on any atom is 0.255 e. The van der Waals surface area contributed by atoms with E-state index in [1.54, 1.807) is 18.2 Å². The number of carbonyl (C=O) groups is 2. The minimum atomic E-state index is -0.228. The Balaban J connectivity index is 1.82. The van der Waals surface area contributed by atoms with Crippen molar-refractivity contribution in [3.63, 3.8) is 0 Å². The molecule has 0 radical (unpaired) electrons. The number of fused-ring (bicyclic) bond motifs is 1. The molecular weight excluding hydrogens is 384 g/mol. The molecule has 3 rings (SSSR count). The van der Waals surface area contributed by atoms with Crippen LogP contribution < -0.4 is 15.4 Å². The topological polar surface area (TPSA) is 67.4 Å². The van der Waals surface area contributed by atoms with Gasteiger partial charge in [-0.25, -0.2) is 0 Å². The Morgan fingerprint density at radius 2 is 1.84 bits per heavy atom. The number of hydrogen-bond acceptors (Lipinski definition) is 3. The summed E-state index contributed by atoms with van der Waals surface area (Å²) in [6.07, 6.45) is 1.83. The van der Waals surface area contributed by atoms with Crippen LogP contribution in [0.3, 0.4) is 0 Å². The van der Waals surface area contributed by atoms with E-state index < -0.39 is 0 Å². The smallest absolute Gasteiger partial charge is 0.255 e. The van der Waals surface area contributed by atoms with Crippen LogP contribution in [0.25, 0.3) is 6.08 Å². The van der Waals surface area contributed by atoms with Crippen molar-refractivity contribution in [3.8, 4) is 5.75 Å². The molecule has 2 aromatic carbocycles. The summed E-state index contributed by atoms with van der Waals surface area (Å²) in [6, 6.07) is 11.0. The van der Waals surface area contributed by atoms with E-state index in [-0.39, 0.29) is 18.4 Å². The summed E-state index contributed by atoms with van der Waals surface area (Å²) in [5.41, 5.74) is 3.52. The third-order valence-electron chi connectivity index (χ3n) is 3.87. The molecule has 2 amide bonds. The van der Waals surface area contributed by atoms with E-state index in [0.29, 0.717) is 16.9 Å². The van der Waals surface area contributed by atoms with Crippen molar-refractivity contribution in [1.29, 1.82) is 0 Å². The SMILES string of the molecule is CC(=O)Nc1cccc(NC(=O)C2=Cc3cc(Br)ccc3OC2)c1C. The van der Waals surface area contributed by atoms with Crippen LogP contribution in [0, 0.1) is 6.92 Å². The number of anilines is 2. The third kappa shape index (κ3) is 3.91. The highest BCUT2D eigenvalue weighted by molar-refractivity contribution is 9.10. The molecule has 25 heavy (non-hydrogen) atoms. The van der Waals surface area contributed by atoms with Crippen LogP contribution in [0.5, 0.6) is 5.75 Å². The summed E-state index contributed by atoms with van der Waals surface area (Å²) in [7, 11) is 0. The number of halogens is 1. The molecule has 2 N–H and O–H groups in total. The Morgan fingerprint density at radius 3 is 2.56 bits per heavy atom. The molecule has 0 fully saturated rings. The van der Waals surface area contributed by atoms with Gasteiger partial charge in [0, 0.05) is 28.3 Å². The van der Waals surface area contributed by atoms with Gasteiger partial charge in [0.05, 0.1) is 5.57 Å². The van der Waals surface area contributed by atoms with Crippen molar-refractivity contribution in [3.05, 3.63) is 57.6 Å². The molecule has 0 aromatic heterocycles. The number of rotatable bonds is 3. The summed E-state index contributed by atoms with van der Waals surface area (Å²) in [5.74, 6) is 0.370. The highest BCUT2D eigenvalue weighted by atomic mass is 79.9. The Morgan fingerprint density at radius 1 is 1.12 bits per heavy atom. The van der Waals surface area contributed by atoms with Crippen molar-refractivity contribution >= 4 is 45.2 Å².